The number of amides is 3. The maximum atomic E-state index is 13.9. The number of nitrogens with one attached hydrogen (secondary N) is 2. The lowest BCUT2D eigenvalue weighted by Gasteiger charge is -2.32. The highest BCUT2D eigenvalue weighted by Gasteiger charge is 2.34. The van der Waals surface area contributed by atoms with Crippen molar-refractivity contribution >= 4 is 40.8 Å². The van der Waals surface area contributed by atoms with Gasteiger partial charge in [0, 0.05) is 35.8 Å². The van der Waals surface area contributed by atoms with Gasteiger partial charge < -0.3 is 10.6 Å². The number of nitrogens with zero attached hydrogens (tertiary/aromatic N) is 2. The van der Waals surface area contributed by atoms with Crippen LogP contribution in [0.15, 0.2) is 72.9 Å². The highest BCUT2D eigenvalue weighted by atomic mass is 35.5. The van der Waals surface area contributed by atoms with Crippen LogP contribution in [-0.4, -0.2) is 28.7 Å². The van der Waals surface area contributed by atoms with Gasteiger partial charge in [0.2, 0.25) is 17.7 Å². The highest BCUT2D eigenvalue weighted by molar-refractivity contribution is 6.30. The van der Waals surface area contributed by atoms with E-state index in [-0.39, 0.29) is 36.6 Å². The zero-order chi connectivity index (χ0) is 28.5. The van der Waals surface area contributed by atoms with E-state index in [2.05, 4.69) is 29.5 Å². The standard InChI is InChI=1S/C32H37ClN4O3/c1-22(2)23-15-19-27(20-16-23)37(30(39)12-7-11-29(38)36-28-10-5-6-21-34-28)31(24-13-17-25(33)18-14-24)32(40)35-26-8-3-4-9-26/h5-6,10,13-22,26,31H,3-4,7-9,11-12H2,1-2H3,(H,35,40)(H,34,36,38)/t31-/m1/s1. The molecule has 0 aliphatic heterocycles. The van der Waals surface area contributed by atoms with Crippen LogP contribution in [0.4, 0.5) is 11.5 Å². The summed E-state index contributed by atoms with van der Waals surface area (Å²) >= 11 is 6.17. The van der Waals surface area contributed by atoms with Gasteiger partial charge in [-0.05, 0) is 72.7 Å². The molecule has 1 heterocycles. The molecule has 8 heteroatoms. The second kappa shape index (κ2) is 14.1. The summed E-state index contributed by atoms with van der Waals surface area (Å²) in [5.41, 5.74) is 2.45. The topological polar surface area (TPSA) is 91.4 Å². The van der Waals surface area contributed by atoms with E-state index in [1.807, 2.05) is 24.3 Å². The molecular weight excluding hydrogens is 524 g/mol. The first-order chi connectivity index (χ1) is 19.3. The molecule has 1 aliphatic rings. The number of aromatic nitrogens is 1. The second-order valence-corrected chi connectivity index (χ2v) is 11.0. The van der Waals surface area contributed by atoms with E-state index >= 15 is 0 Å². The first-order valence-corrected chi connectivity index (χ1v) is 14.4. The third-order valence-electron chi connectivity index (χ3n) is 7.23. The summed E-state index contributed by atoms with van der Waals surface area (Å²) in [4.78, 5) is 45.9. The Kier molecular flexibility index (Phi) is 10.3. The Balaban J connectivity index is 1.59. The number of rotatable bonds is 11. The number of carbonyl (C=O) groups excluding carboxylic acids is 3. The summed E-state index contributed by atoms with van der Waals surface area (Å²) < 4.78 is 0. The van der Waals surface area contributed by atoms with Crippen LogP contribution < -0.4 is 15.5 Å². The van der Waals surface area contributed by atoms with E-state index in [9.17, 15) is 14.4 Å². The third kappa shape index (κ3) is 7.92. The van der Waals surface area contributed by atoms with E-state index in [0.29, 0.717) is 34.4 Å². The fraction of sp³-hybridized carbons (Fsp3) is 0.375. The highest BCUT2D eigenvalue weighted by Crippen LogP contribution is 2.32. The Morgan fingerprint density at radius 1 is 0.925 bits per heavy atom. The van der Waals surface area contributed by atoms with Crippen LogP contribution >= 0.6 is 11.6 Å². The van der Waals surface area contributed by atoms with E-state index in [1.165, 1.54) is 0 Å². The molecular formula is C32H37ClN4O3. The van der Waals surface area contributed by atoms with Crippen molar-refractivity contribution in [2.45, 2.75) is 76.8 Å². The van der Waals surface area contributed by atoms with Gasteiger partial charge in [-0.2, -0.15) is 0 Å². The SMILES string of the molecule is CC(C)c1ccc(N(C(=O)CCCC(=O)Nc2ccccn2)[C@@H](C(=O)NC2CCCC2)c2ccc(Cl)cc2)cc1. The smallest absolute Gasteiger partial charge is 0.248 e. The van der Waals surface area contributed by atoms with Crippen LogP contribution in [-0.2, 0) is 14.4 Å². The van der Waals surface area contributed by atoms with Gasteiger partial charge in [-0.25, -0.2) is 4.98 Å². The molecule has 3 aromatic rings. The molecule has 0 unspecified atom stereocenters. The van der Waals surface area contributed by atoms with Crippen LogP contribution in [0.2, 0.25) is 5.02 Å². The number of pyridine rings is 1. The number of anilines is 2. The Labute approximate surface area is 241 Å². The molecule has 7 nitrogen and oxygen atoms in total. The number of carbonyl (C=O) groups is 3. The average Bonchev–Trinajstić information content (AvgIpc) is 3.46. The van der Waals surface area contributed by atoms with Crippen molar-refractivity contribution in [3.05, 3.63) is 89.1 Å². The van der Waals surface area contributed by atoms with E-state index in [0.717, 1.165) is 31.2 Å². The fourth-order valence-corrected chi connectivity index (χ4v) is 5.16. The zero-order valence-electron chi connectivity index (χ0n) is 23.1. The Bertz CT molecular complexity index is 1270. The average molecular weight is 561 g/mol. The molecule has 1 saturated carbocycles. The van der Waals surface area contributed by atoms with Crippen molar-refractivity contribution in [3.8, 4) is 0 Å². The molecule has 1 atom stereocenters. The summed E-state index contributed by atoms with van der Waals surface area (Å²) in [5, 5.41) is 6.50. The van der Waals surface area contributed by atoms with Crippen molar-refractivity contribution in [2.75, 3.05) is 10.2 Å². The van der Waals surface area contributed by atoms with Crippen molar-refractivity contribution in [2.24, 2.45) is 0 Å². The van der Waals surface area contributed by atoms with Gasteiger partial charge in [0.1, 0.15) is 11.9 Å². The molecule has 0 spiro atoms. The molecule has 0 saturated heterocycles. The normalized spacial score (nSPS) is 14.1. The lowest BCUT2D eigenvalue weighted by molar-refractivity contribution is -0.127. The van der Waals surface area contributed by atoms with Gasteiger partial charge >= 0.3 is 0 Å². The summed E-state index contributed by atoms with van der Waals surface area (Å²) in [7, 11) is 0. The zero-order valence-corrected chi connectivity index (χ0v) is 23.9. The predicted octanol–water partition coefficient (Wildman–Crippen LogP) is 6.80. The van der Waals surface area contributed by atoms with E-state index < -0.39 is 6.04 Å². The Hall–Kier alpha value is -3.71. The molecule has 0 bridgehead atoms. The summed E-state index contributed by atoms with van der Waals surface area (Å²) in [6.07, 6.45) is 6.21. The van der Waals surface area contributed by atoms with E-state index in [1.54, 1.807) is 53.6 Å². The minimum Gasteiger partial charge on any atom is -0.351 e. The lowest BCUT2D eigenvalue weighted by Crippen LogP contribution is -2.46. The second-order valence-electron chi connectivity index (χ2n) is 10.6. The summed E-state index contributed by atoms with van der Waals surface area (Å²) in [6, 6.07) is 19.3. The minimum atomic E-state index is -0.877. The minimum absolute atomic E-state index is 0.0952. The molecule has 210 valence electrons. The monoisotopic (exact) mass is 560 g/mol. The molecule has 2 aromatic carbocycles. The van der Waals surface area contributed by atoms with E-state index in [4.69, 9.17) is 11.6 Å². The Morgan fingerprint density at radius 2 is 1.60 bits per heavy atom. The number of hydrogen-bond donors (Lipinski definition) is 2. The molecule has 4 rings (SSSR count). The van der Waals surface area contributed by atoms with Crippen LogP contribution in [0.1, 0.15) is 81.9 Å². The molecule has 2 N–H and O–H groups in total. The van der Waals surface area contributed by atoms with Gasteiger partial charge in [0.15, 0.2) is 0 Å². The van der Waals surface area contributed by atoms with Crippen LogP contribution in [0.25, 0.3) is 0 Å². The predicted molar refractivity (Wildman–Crippen MR) is 159 cm³/mol. The maximum absolute atomic E-state index is 13.9. The summed E-state index contributed by atoms with van der Waals surface area (Å²) in [5.74, 6) is 0.131. The summed E-state index contributed by atoms with van der Waals surface area (Å²) in [6.45, 7) is 4.22. The first kappa shape index (κ1) is 29.3. The lowest BCUT2D eigenvalue weighted by atomic mass is 9.99. The van der Waals surface area contributed by atoms with Crippen molar-refractivity contribution in [3.63, 3.8) is 0 Å². The van der Waals surface area contributed by atoms with Gasteiger partial charge in [0.05, 0.1) is 0 Å². The van der Waals surface area contributed by atoms with Crippen molar-refractivity contribution in [1.82, 2.24) is 10.3 Å². The number of hydrogen-bond acceptors (Lipinski definition) is 4. The van der Waals surface area contributed by atoms with Gasteiger partial charge in [-0.3, -0.25) is 19.3 Å². The first-order valence-electron chi connectivity index (χ1n) is 14.0. The van der Waals surface area contributed by atoms with Gasteiger partial charge in [-0.1, -0.05) is 68.6 Å². The van der Waals surface area contributed by atoms with Crippen molar-refractivity contribution in [1.29, 1.82) is 0 Å². The van der Waals surface area contributed by atoms with Crippen LogP contribution in [0.5, 0.6) is 0 Å². The van der Waals surface area contributed by atoms with Crippen molar-refractivity contribution < 1.29 is 14.4 Å². The van der Waals surface area contributed by atoms with Gasteiger partial charge in [-0.15, -0.1) is 0 Å². The molecule has 40 heavy (non-hydrogen) atoms. The molecule has 1 fully saturated rings. The molecule has 0 radical (unpaired) electrons. The van der Waals surface area contributed by atoms with Crippen LogP contribution in [0.3, 0.4) is 0 Å². The number of halogens is 1. The Morgan fingerprint density at radius 3 is 2.23 bits per heavy atom. The fourth-order valence-electron chi connectivity index (χ4n) is 5.03. The maximum Gasteiger partial charge on any atom is 0.248 e. The van der Waals surface area contributed by atoms with Crippen LogP contribution in [0, 0.1) is 0 Å². The third-order valence-corrected chi connectivity index (χ3v) is 7.48. The largest absolute Gasteiger partial charge is 0.351 e. The molecule has 1 aliphatic carbocycles. The quantitative estimate of drug-likeness (QED) is 0.270. The molecule has 3 amide bonds. The van der Waals surface area contributed by atoms with Gasteiger partial charge in [0.25, 0.3) is 0 Å². The number of benzene rings is 2. The molecule has 1 aromatic heterocycles.